The van der Waals surface area contributed by atoms with E-state index >= 15 is 0 Å². The summed E-state index contributed by atoms with van der Waals surface area (Å²) < 4.78 is 0. The van der Waals surface area contributed by atoms with Crippen LogP contribution in [-0.2, 0) is 9.59 Å². The van der Waals surface area contributed by atoms with Gasteiger partial charge >= 0.3 is 5.97 Å². The second kappa shape index (κ2) is 11.0. The fourth-order valence-electron chi connectivity index (χ4n) is 3.43. The first kappa shape index (κ1) is 20.4. The van der Waals surface area contributed by atoms with Crippen LogP contribution < -0.4 is 16.6 Å². The first-order valence-corrected chi connectivity index (χ1v) is 8.89. The van der Waals surface area contributed by atoms with Crippen LogP contribution in [0.15, 0.2) is 4.99 Å². The van der Waals surface area contributed by atoms with Gasteiger partial charge in [-0.1, -0.05) is 26.2 Å². The highest BCUT2D eigenvalue weighted by Crippen LogP contribution is 2.36. The monoisotopic (exact) mass is 340 g/mol. The quantitative estimate of drug-likeness (QED) is 0.150. The predicted octanol–water partition coefficient (Wildman–Crippen LogP) is 1.68. The van der Waals surface area contributed by atoms with Crippen molar-refractivity contribution >= 4 is 18.2 Å². The zero-order chi connectivity index (χ0) is 17.9. The number of nitrogens with two attached hydrogens (primary N) is 1. The molecule has 24 heavy (non-hydrogen) atoms. The maximum Gasteiger partial charge on any atom is 0.306 e. The van der Waals surface area contributed by atoms with E-state index in [1.807, 2.05) is 0 Å². The first-order chi connectivity index (χ1) is 11.4. The van der Waals surface area contributed by atoms with Crippen LogP contribution in [0.2, 0.25) is 0 Å². The minimum atomic E-state index is -0.717. The molecule has 7 nitrogen and oxygen atoms in total. The van der Waals surface area contributed by atoms with Gasteiger partial charge in [-0.15, -0.1) is 0 Å². The van der Waals surface area contributed by atoms with Gasteiger partial charge in [-0.2, -0.15) is 0 Å². The van der Waals surface area contributed by atoms with Crippen LogP contribution in [0.5, 0.6) is 0 Å². The molecule has 1 rings (SSSR count). The van der Waals surface area contributed by atoms with E-state index in [4.69, 9.17) is 5.84 Å². The Morgan fingerprint density at radius 3 is 2.71 bits per heavy atom. The fraction of sp³-hybridized carbons (Fsp3) is 0.824. The number of hydrazine groups is 1. The molecule has 0 spiro atoms. The Morgan fingerprint density at radius 2 is 2.08 bits per heavy atom. The van der Waals surface area contributed by atoms with E-state index < -0.39 is 5.97 Å². The number of nitrogens with one attached hydrogen (secondary N) is 2. The van der Waals surface area contributed by atoms with Gasteiger partial charge in [-0.05, 0) is 37.5 Å². The van der Waals surface area contributed by atoms with Crippen LogP contribution in [0.1, 0.15) is 58.8 Å². The smallest absolute Gasteiger partial charge is 0.306 e. The van der Waals surface area contributed by atoms with Crippen molar-refractivity contribution in [2.45, 2.75) is 64.8 Å². The maximum atomic E-state index is 11.2. The SMILES string of the molecule is CC(=O)NCC(C)CCCCCC1CC(C(=O)O)CC1N=CNN. The van der Waals surface area contributed by atoms with Gasteiger partial charge in [0.15, 0.2) is 0 Å². The number of rotatable bonds is 11. The summed E-state index contributed by atoms with van der Waals surface area (Å²) in [5.41, 5.74) is 2.40. The molecule has 0 aromatic carbocycles. The first-order valence-electron chi connectivity index (χ1n) is 8.89. The molecule has 0 aromatic rings. The lowest BCUT2D eigenvalue weighted by atomic mass is 9.94. The van der Waals surface area contributed by atoms with Gasteiger partial charge in [0.05, 0.1) is 18.3 Å². The molecule has 0 bridgehead atoms. The van der Waals surface area contributed by atoms with Crippen LogP contribution in [0.25, 0.3) is 0 Å². The van der Waals surface area contributed by atoms with E-state index in [1.54, 1.807) is 0 Å². The van der Waals surface area contributed by atoms with Crippen molar-refractivity contribution in [2.24, 2.45) is 28.6 Å². The average molecular weight is 340 g/mol. The normalized spacial score (nSPS) is 24.9. The summed E-state index contributed by atoms with van der Waals surface area (Å²) in [5.74, 6) is 5.05. The third kappa shape index (κ3) is 7.77. The summed E-state index contributed by atoms with van der Waals surface area (Å²) in [7, 11) is 0. The number of aliphatic imine (C=N–C) groups is 1. The topological polar surface area (TPSA) is 117 Å². The standard InChI is InChI=1S/C17H32N4O3/c1-12(10-19-13(2)22)6-4-3-5-7-14-8-15(17(23)24)9-16(14)20-11-21-18/h11-12,14-16H,3-10,18H2,1-2H3,(H,19,22)(H,20,21)(H,23,24). The molecule has 4 atom stereocenters. The summed E-state index contributed by atoms with van der Waals surface area (Å²) in [6, 6.07) is 0.0563. The summed E-state index contributed by atoms with van der Waals surface area (Å²) in [5, 5.41) is 12.1. The van der Waals surface area contributed by atoms with E-state index in [1.165, 1.54) is 13.3 Å². The Kier molecular flexibility index (Phi) is 9.37. The summed E-state index contributed by atoms with van der Waals surface area (Å²) in [4.78, 5) is 26.4. The molecule has 0 aliphatic heterocycles. The molecule has 0 heterocycles. The summed E-state index contributed by atoms with van der Waals surface area (Å²) in [6.45, 7) is 4.42. The molecule has 0 radical (unpaired) electrons. The number of hydrogen-bond donors (Lipinski definition) is 4. The van der Waals surface area contributed by atoms with Crippen molar-refractivity contribution in [3.05, 3.63) is 0 Å². The average Bonchev–Trinajstić information content (AvgIpc) is 2.94. The molecule has 0 saturated heterocycles. The number of amides is 1. The van der Waals surface area contributed by atoms with E-state index in [0.717, 1.165) is 38.6 Å². The lowest BCUT2D eigenvalue weighted by Gasteiger charge is -2.16. The number of carbonyl (C=O) groups is 2. The van der Waals surface area contributed by atoms with Crippen LogP contribution in [0, 0.1) is 17.8 Å². The summed E-state index contributed by atoms with van der Waals surface area (Å²) >= 11 is 0. The number of hydrogen-bond acceptors (Lipinski definition) is 4. The lowest BCUT2D eigenvalue weighted by Crippen LogP contribution is -2.25. The van der Waals surface area contributed by atoms with Gasteiger partial charge < -0.3 is 15.8 Å². The molecule has 0 aromatic heterocycles. The highest BCUT2D eigenvalue weighted by Gasteiger charge is 2.37. The minimum Gasteiger partial charge on any atom is -0.481 e. The fourth-order valence-corrected chi connectivity index (χ4v) is 3.43. The third-order valence-corrected chi connectivity index (χ3v) is 4.82. The van der Waals surface area contributed by atoms with Crippen LogP contribution in [0.4, 0.5) is 0 Å². The van der Waals surface area contributed by atoms with Gasteiger partial charge in [-0.3, -0.25) is 14.6 Å². The van der Waals surface area contributed by atoms with E-state index in [0.29, 0.717) is 24.7 Å². The zero-order valence-corrected chi connectivity index (χ0v) is 14.8. The van der Waals surface area contributed by atoms with Crippen molar-refractivity contribution in [3.63, 3.8) is 0 Å². The number of unbranched alkanes of at least 4 members (excludes halogenated alkanes) is 2. The van der Waals surface area contributed by atoms with Crippen LogP contribution in [-0.4, -0.2) is 35.9 Å². The molecule has 1 aliphatic carbocycles. The zero-order valence-electron chi connectivity index (χ0n) is 14.8. The predicted molar refractivity (Wildman–Crippen MR) is 94.4 cm³/mol. The number of aliphatic carboxylic acids is 1. The number of carboxylic acids is 1. The molecule has 5 N–H and O–H groups in total. The van der Waals surface area contributed by atoms with Crippen LogP contribution in [0.3, 0.4) is 0 Å². The Labute approximate surface area is 144 Å². The molecule has 4 unspecified atom stereocenters. The number of carbonyl (C=O) groups excluding carboxylic acids is 1. The van der Waals surface area contributed by atoms with Crippen molar-refractivity contribution in [3.8, 4) is 0 Å². The third-order valence-electron chi connectivity index (χ3n) is 4.82. The maximum absolute atomic E-state index is 11.2. The largest absolute Gasteiger partial charge is 0.481 e. The van der Waals surface area contributed by atoms with Crippen LogP contribution >= 0.6 is 0 Å². The minimum absolute atomic E-state index is 0.0228. The Bertz CT molecular complexity index is 428. The molecule has 7 heteroatoms. The second-order valence-corrected chi connectivity index (χ2v) is 6.96. The lowest BCUT2D eigenvalue weighted by molar-refractivity contribution is -0.141. The number of nitrogens with zero attached hydrogens (tertiary/aromatic N) is 1. The molecule has 1 aliphatic rings. The molecule has 1 fully saturated rings. The van der Waals surface area contributed by atoms with Crippen molar-refractivity contribution in [1.29, 1.82) is 0 Å². The van der Waals surface area contributed by atoms with Gasteiger partial charge in [0.2, 0.25) is 5.91 Å². The molecule has 1 saturated carbocycles. The van der Waals surface area contributed by atoms with E-state index in [9.17, 15) is 14.7 Å². The Hall–Kier alpha value is -1.63. The molecular formula is C17H32N4O3. The molecular weight excluding hydrogens is 308 g/mol. The van der Waals surface area contributed by atoms with E-state index in [2.05, 4.69) is 22.7 Å². The molecule has 138 valence electrons. The second-order valence-electron chi connectivity index (χ2n) is 6.96. The Balaban J connectivity index is 2.25. The van der Waals surface area contributed by atoms with Gasteiger partial charge in [0.25, 0.3) is 0 Å². The highest BCUT2D eigenvalue weighted by atomic mass is 16.4. The molecule has 1 amide bonds. The van der Waals surface area contributed by atoms with Gasteiger partial charge in [0, 0.05) is 13.5 Å². The number of carboxylic acid groups (broad SMARTS) is 1. The van der Waals surface area contributed by atoms with Gasteiger partial charge in [0.1, 0.15) is 0 Å². The highest BCUT2D eigenvalue weighted by molar-refractivity contribution is 5.72. The summed E-state index contributed by atoms with van der Waals surface area (Å²) in [6.07, 6.45) is 8.24. The van der Waals surface area contributed by atoms with E-state index in [-0.39, 0.29) is 17.9 Å². The van der Waals surface area contributed by atoms with Crippen molar-refractivity contribution in [1.82, 2.24) is 10.7 Å². The van der Waals surface area contributed by atoms with Gasteiger partial charge in [-0.25, -0.2) is 5.84 Å². The van der Waals surface area contributed by atoms with Crippen molar-refractivity contribution < 1.29 is 14.7 Å². The Morgan fingerprint density at radius 1 is 1.33 bits per heavy atom. The van der Waals surface area contributed by atoms with Crippen molar-refractivity contribution in [2.75, 3.05) is 6.54 Å².